The zero-order valence-electron chi connectivity index (χ0n) is 10.4. The Kier molecular flexibility index (Phi) is 3.93. The van der Waals surface area contributed by atoms with Crippen molar-refractivity contribution in [1.29, 1.82) is 0 Å². The van der Waals surface area contributed by atoms with Crippen LogP contribution in [-0.4, -0.2) is 9.78 Å². The topological polar surface area (TPSA) is 17.8 Å². The molecule has 0 fully saturated rings. The molecule has 0 aliphatic heterocycles. The van der Waals surface area contributed by atoms with Crippen molar-refractivity contribution in [3.05, 3.63) is 57.8 Å². The van der Waals surface area contributed by atoms with Crippen molar-refractivity contribution in [2.75, 3.05) is 0 Å². The van der Waals surface area contributed by atoms with Gasteiger partial charge in [0.25, 0.3) is 0 Å². The lowest BCUT2D eigenvalue weighted by Crippen LogP contribution is -2.05. The van der Waals surface area contributed by atoms with Crippen molar-refractivity contribution in [1.82, 2.24) is 9.78 Å². The molecule has 4 heteroatoms. The number of benzene rings is 1. The van der Waals surface area contributed by atoms with Crippen LogP contribution < -0.4 is 0 Å². The highest BCUT2D eigenvalue weighted by Crippen LogP contribution is 2.20. The molecule has 0 N–H and O–H groups in total. The summed E-state index contributed by atoms with van der Waals surface area (Å²) in [4.78, 5) is 0. The number of hydrogen-bond donors (Lipinski definition) is 0. The van der Waals surface area contributed by atoms with Crippen LogP contribution in [0.4, 0.5) is 0 Å². The molecule has 0 aliphatic rings. The third-order valence-electron chi connectivity index (χ3n) is 2.89. The van der Waals surface area contributed by atoms with E-state index in [4.69, 9.17) is 11.6 Å². The Morgan fingerprint density at radius 2 is 2.11 bits per heavy atom. The highest BCUT2D eigenvalue weighted by Gasteiger charge is 2.08. The van der Waals surface area contributed by atoms with Gasteiger partial charge in [-0.15, -0.1) is 0 Å². The zero-order chi connectivity index (χ0) is 13.3. The van der Waals surface area contributed by atoms with E-state index < -0.39 is 0 Å². The Morgan fingerprint density at radius 1 is 1.39 bits per heavy atom. The van der Waals surface area contributed by atoms with E-state index in [-0.39, 0.29) is 0 Å². The van der Waals surface area contributed by atoms with Crippen molar-refractivity contribution in [2.24, 2.45) is 0 Å². The summed E-state index contributed by atoms with van der Waals surface area (Å²) in [5.74, 6) is 0. The van der Waals surface area contributed by atoms with Gasteiger partial charge in [-0.25, -0.2) is 0 Å². The molecule has 94 valence electrons. The summed E-state index contributed by atoms with van der Waals surface area (Å²) in [5, 5.41) is 4.92. The largest absolute Gasteiger partial charge is 0.265 e. The van der Waals surface area contributed by atoms with Crippen LogP contribution in [-0.2, 0) is 6.54 Å². The lowest BCUT2D eigenvalue weighted by molar-refractivity contribution is 0.660. The van der Waals surface area contributed by atoms with E-state index in [2.05, 4.69) is 46.7 Å². The van der Waals surface area contributed by atoms with Crippen LogP contribution in [0.5, 0.6) is 0 Å². The second-order valence-corrected chi connectivity index (χ2v) is 5.68. The van der Waals surface area contributed by atoms with Gasteiger partial charge < -0.3 is 0 Å². The normalized spacial score (nSPS) is 10.7. The first kappa shape index (κ1) is 13.4. The molecule has 1 aromatic carbocycles. The number of aromatic nitrogens is 2. The molecular formula is C14H14BrClN2. The maximum atomic E-state index is 5.87. The van der Waals surface area contributed by atoms with Crippen LogP contribution in [0, 0.1) is 13.8 Å². The van der Waals surface area contributed by atoms with E-state index in [0.29, 0.717) is 5.03 Å². The van der Waals surface area contributed by atoms with E-state index in [1.54, 1.807) is 0 Å². The highest BCUT2D eigenvalue weighted by molar-refractivity contribution is 9.10. The van der Waals surface area contributed by atoms with E-state index in [0.717, 1.165) is 22.4 Å². The SMILES string of the molecule is C=C(Cl)c1cc(C)n(Cc2cc(Br)ccc2C)n1. The molecule has 0 radical (unpaired) electrons. The summed E-state index contributed by atoms with van der Waals surface area (Å²) in [6.07, 6.45) is 0. The predicted molar refractivity (Wildman–Crippen MR) is 79.8 cm³/mol. The molecule has 2 nitrogen and oxygen atoms in total. The summed E-state index contributed by atoms with van der Waals surface area (Å²) < 4.78 is 3.02. The Labute approximate surface area is 120 Å². The fourth-order valence-electron chi connectivity index (χ4n) is 1.77. The average molecular weight is 326 g/mol. The van der Waals surface area contributed by atoms with Gasteiger partial charge in [0.1, 0.15) is 5.69 Å². The van der Waals surface area contributed by atoms with Crippen LogP contribution in [0.15, 0.2) is 35.3 Å². The van der Waals surface area contributed by atoms with Gasteiger partial charge in [-0.05, 0) is 43.2 Å². The Balaban J connectivity index is 2.34. The molecule has 0 spiro atoms. The summed E-state index contributed by atoms with van der Waals surface area (Å²) in [6, 6.07) is 8.20. The molecule has 0 saturated heterocycles. The van der Waals surface area contributed by atoms with Crippen LogP contribution in [0.1, 0.15) is 22.5 Å². The summed E-state index contributed by atoms with van der Waals surface area (Å²) in [7, 11) is 0. The third-order valence-corrected chi connectivity index (χ3v) is 3.58. The maximum absolute atomic E-state index is 5.87. The summed E-state index contributed by atoms with van der Waals surface area (Å²) in [6.45, 7) is 8.55. The van der Waals surface area contributed by atoms with Crippen LogP contribution in [0.25, 0.3) is 5.03 Å². The van der Waals surface area contributed by atoms with Crippen molar-refractivity contribution in [2.45, 2.75) is 20.4 Å². The summed E-state index contributed by atoms with van der Waals surface area (Å²) in [5.41, 5.74) is 4.30. The minimum atomic E-state index is 0.475. The van der Waals surface area contributed by atoms with Gasteiger partial charge >= 0.3 is 0 Å². The molecule has 1 heterocycles. The smallest absolute Gasteiger partial charge is 0.103 e. The first-order chi connectivity index (χ1) is 8.47. The number of rotatable bonds is 3. The third kappa shape index (κ3) is 2.85. The van der Waals surface area contributed by atoms with Crippen LogP contribution >= 0.6 is 27.5 Å². The summed E-state index contributed by atoms with van der Waals surface area (Å²) >= 11 is 9.36. The standard InChI is InChI=1S/C14H14BrClN2/c1-9-4-5-13(15)7-12(9)8-18-10(2)6-14(17-18)11(3)16/h4-7H,3,8H2,1-2H3. The molecule has 0 amide bonds. The predicted octanol–water partition coefficient (Wildman–Crippen LogP) is 4.52. The monoisotopic (exact) mass is 324 g/mol. The first-order valence-electron chi connectivity index (χ1n) is 5.61. The molecule has 0 atom stereocenters. The zero-order valence-corrected chi connectivity index (χ0v) is 12.7. The van der Waals surface area contributed by atoms with Gasteiger partial charge in [0.15, 0.2) is 0 Å². The fraction of sp³-hybridized carbons (Fsp3) is 0.214. The van der Waals surface area contributed by atoms with Gasteiger partial charge in [0.2, 0.25) is 0 Å². The van der Waals surface area contributed by atoms with Crippen molar-refractivity contribution >= 4 is 32.6 Å². The van der Waals surface area contributed by atoms with Gasteiger partial charge in [-0.3, -0.25) is 4.68 Å². The molecule has 0 bridgehead atoms. The minimum Gasteiger partial charge on any atom is -0.265 e. The van der Waals surface area contributed by atoms with Crippen LogP contribution in [0.3, 0.4) is 0 Å². The highest BCUT2D eigenvalue weighted by atomic mass is 79.9. The Hall–Kier alpha value is -1.06. The van der Waals surface area contributed by atoms with Gasteiger partial charge in [0, 0.05) is 10.2 Å². The molecule has 0 aliphatic carbocycles. The molecule has 0 unspecified atom stereocenters. The van der Waals surface area contributed by atoms with Crippen molar-refractivity contribution < 1.29 is 0 Å². The lowest BCUT2D eigenvalue weighted by Gasteiger charge is -2.08. The van der Waals surface area contributed by atoms with Gasteiger partial charge in [-0.2, -0.15) is 5.10 Å². The van der Waals surface area contributed by atoms with Gasteiger partial charge in [-0.1, -0.05) is 40.2 Å². The fourth-order valence-corrected chi connectivity index (χ4v) is 2.28. The quantitative estimate of drug-likeness (QED) is 0.811. The lowest BCUT2D eigenvalue weighted by atomic mass is 10.1. The van der Waals surface area contributed by atoms with Crippen molar-refractivity contribution in [3.8, 4) is 0 Å². The van der Waals surface area contributed by atoms with E-state index in [1.165, 1.54) is 11.1 Å². The maximum Gasteiger partial charge on any atom is 0.103 e. The number of hydrogen-bond acceptors (Lipinski definition) is 1. The molecule has 2 aromatic rings. The van der Waals surface area contributed by atoms with Gasteiger partial charge in [0.05, 0.1) is 11.6 Å². The number of halogens is 2. The van der Waals surface area contributed by atoms with E-state index in [1.807, 2.05) is 23.7 Å². The number of nitrogens with zero attached hydrogens (tertiary/aromatic N) is 2. The molecule has 2 rings (SSSR count). The van der Waals surface area contributed by atoms with E-state index in [9.17, 15) is 0 Å². The average Bonchev–Trinajstić information content (AvgIpc) is 2.66. The second-order valence-electron chi connectivity index (χ2n) is 4.30. The Morgan fingerprint density at radius 3 is 2.72 bits per heavy atom. The van der Waals surface area contributed by atoms with Crippen LogP contribution in [0.2, 0.25) is 0 Å². The second kappa shape index (κ2) is 5.29. The Bertz CT molecular complexity index is 602. The molecule has 0 saturated carbocycles. The van der Waals surface area contributed by atoms with Crippen molar-refractivity contribution in [3.63, 3.8) is 0 Å². The van der Waals surface area contributed by atoms with E-state index >= 15 is 0 Å². The molecule has 18 heavy (non-hydrogen) atoms. The minimum absolute atomic E-state index is 0.475. The molecule has 1 aromatic heterocycles. The molecular weight excluding hydrogens is 312 g/mol. The number of aryl methyl sites for hydroxylation is 2. The first-order valence-corrected chi connectivity index (χ1v) is 6.78.